The molecule has 4 rings (SSSR count). The van der Waals surface area contributed by atoms with Crippen LogP contribution in [0.4, 0.5) is 0 Å². The molecule has 2 bridgehead atoms. The van der Waals surface area contributed by atoms with Gasteiger partial charge >= 0.3 is 0 Å². The molecule has 19 heavy (non-hydrogen) atoms. The number of hydrogen-bond acceptors (Lipinski definition) is 3. The molecule has 2 amide bonds. The van der Waals surface area contributed by atoms with Crippen molar-refractivity contribution in [3.63, 3.8) is 0 Å². The number of rotatable bonds is 2. The Morgan fingerprint density at radius 2 is 1.89 bits per heavy atom. The molecule has 1 aromatic heterocycles. The van der Waals surface area contributed by atoms with Gasteiger partial charge in [-0.2, -0.15) is 10.1 Å². The van der Waals surface area contributed by atoms with E-state index in [0.29, 0.717) is 0 Å². The minimum absolute atomic E-state index is 0.144. The Kier molecular flexibility index (Phi) is 2.07. The van der Waals surface area contributed by atoms with Crippen molar-refractivity contribution in [3.8, 4) is 0 Å². The van der Waals surface area contributed by atoms with Crippen molar-refractivity contribution in [1.29, 1.82) is 0 Å². The summed E-state index contributed by atoms with van der Waals surface area (Å²) in [5.74, 6) is -0.176. The predicted molar refractivity (Wildman–Crippen MR) is 68.0 cm³/mol. The largest absolute Gasteiger partial charge is 0.360 e. The van der Waals surface area contributed by atoms with E-state index < -0.39 is 0 Å². The van der Waals surface area contributed by atoms with Crippen molar-refractivity contribution in [2.24, 2.45) is 28.8 Å². The van der Waals surface area contributed by atoms with Crippen LogP contribution in [-0.2, 0) is 9.59 Å². The number of aromatic nitrogens is 1. The molecule has 2 aliphatic carbocycles. The number of carbonyl (C=O) groups is 2. The molecule has 0 aromatic carbocycles. The molecule has 0 radical (unpaired) electrons. The Morgan fingerprint density at radius 3 is 2.47 bits per heavy atom. The number of nitrogens with one attached hydrogen (secondary N) is 1. The number of aromatic amines is 1. The van der Waals surface area contributed by atoms with Gasteiger partial charge in [0.05, 0.1) is 23.7 Å². The van der Waals surface area contributed by atoms with Crippen LogP contribution in [0.25, 0.3) is 0 Å². The molecule has 1 saturated heterocycles. The first-order valence-corrected chi connectivity index (χ1v) is 6.49. The van der Waals surface area contributed by atoms with E-state index in [2.05, 4.69) is 22.2 Å². The molecular weight excluding hydrogens is 242 g/mol. The summed E-state index contributed by atoms with van der Waals surface area (Å²) in [5.41, 5.74) is 0.777. The van der Waals surface area contributed by atoms with Crippen molar-refractivity contribution in [2.75, 3.05) is 0 Å². The highest BCUT2D eigenvalue weighted by atomic mass is 16.2. The van der Waals surface area contributed by atoms with Crippen LogP contribution in [0.3, 0.4) is 0 Å². The highest BCUT2D eigenvalue weighted by Crippen LogP contribution is 2.52. The Bertz CT molecular complexity index is 572. The monoisotopic (exact) mass is 255 g/mol. The Labute approximate surface area is 110 Å². The molecule has 0 unspecified atom stereocenters. The summed E-state index contributed by atoms with van der Waals surface area (Å²) < 4.78 is 0. The summed E-state index contributed by atoms with van der Waals surface area (Å²) in [6.07, 6.45) is 8.39. The first-order chi connectivity index (χ1) is 9.25. The van der Waals surface area contributed by atoms with Gasteiger partial charge in [0.25, 0.3) is 11.8 Å². The molecule has 5 nitrogen and oxygen atoms in total. The average molecular weight is 255 g/mol. The van der Waals surface area contributed by atoms with E-state index in [1.807, 2.05) is 12.1 Å². The van der Waals surface area contributed by atoms with Crippen molar-refractivity contribution in [1.82, 2.24) is 9.99 Å². The minimum Gasteiger partial charge on any atom is -0.360 e. The molecule has 1 saturated carbocycles. The van der Waals surface area contributed by atoms with Crippen LogP contribution < -0.4 is 0 Å². The van der Waals surface area contributed by atoms with Crippen LogP contribution in [-0.4, -0.2) is 28.0 Å². The van der Waals surface area contributed by atoms with E-state index in [1.165, 1.54) is 6.21 Å². The molecule has 1 aliphatic heterocycles. The van der Waals surface area contributed by atoms with Gasteiger partial charge in [-0.25, -0.2) is 0 Å². The number of hydrazone groups is 1. The molecule has 0 spiro atoms. The number of imide groups is 1. The fraction of sp³-hybridized carbons (Fsp3) is 0.357. The summed E-state index contributed by atoms with van der Waals surface area (Å²) in [7, 11) is 0. The van der Waals surface area contributed by atoms with E-state index in [0.717, 1.165) is 17.1 Å². The van der Waals surface area contributed by atoms with Gasteiger partial charge in [-0.1, -0.05) is 12.2 Å². The predicted octanol–water partition coefficient (Wildman–Crippen LogP) is 1.16. The lowest BCUT2D eigenvalue weighted by molar-refractivity contribution is -0.140. The number of hydrogen-bond donors (Lipinski definition) is 1. The standard InChI is InChI=1S/C14H13N3O2/c18-13-11-8-3-4-9(6-8)12(11)14(19)17(13)16-7-10-2-1-5-15-10/h1-5,7-9,11-12,15H,6H2/b16-7-/t8-,9-,11+,12+/m0/s1. The highest BCUT2D eigenvalue weighted by Gasteiger charge is 2.59. The first-order valence-electron chi connectivity index (χ1n) is 6.49. The zero-order valence-corrected chi connectivity index (χ0v) is 10.2. The fourth-order valence-corrected chi connectivity index (χ4v) is 3.54. The highest BCUT2D eigenvalue weighted by molar-refractivity contribution is 6.06. The topological polar surface area (TPSA) is 65.5 Å². The van der Waals surface area contributed by atoms with E-state index in [4.69, 9.17) is 0 Å². The average Bonchev–Trinajstić information content (AvgIpc) is 3.14. The summed E-state index contributed by atoms with van der Waals surface area (Å²) in [4.78, 5) is 27.5. The second-order valence-electron chi connectivity index (χ2n) is 5.36. The third-order valence-electron chi connectivity index (χ3n) is 4.38. The summed E-state index contributed by atoms with van der Waals surface area (Å²) >= 11 is 0. The van der Waals surface area contributed by atoms with Crippen LogP contribution in [0.2, 0.25) is 0 Å². The Morgan fingerprint density at radius 1 is 1.21 bits per heavy atom. The van der Waals surface area contributed by atoms with Crippen molar-refractivity contribution < 1.29 is 9.59 Å². The van der Waals surface area contributed by atoms with Gasteiger partial charge in [0, 0.05) is 6.20 Å². The molecule has 2 fully saturated rings. The van der Waals surface area contributed by atoms with Gasteiger partial charge in [0.1, 0.15) is 0 Å². The van der Waals surface area contributed by atoms with Crippen molar-refractivity contribution >= 4 is 18.0 Å². The number of H-pyrrole nitrogens is 1. The van der Waals surface area contributed by atoms with Gasteiger partial charge in [-0.15, -0.1) is 0 Å². The third-order valence-corrected chi connectivity index (χ3v) is 4.38. The van der Waals surface area contributed by atoms with E-state index in [-0.39, 0.29) is 35.5 Å². The molecule has 2 heterocycles. The maximum atomic E-state index is 12.3. The summed E-state index contributed by atoms with van der Waals surface area (Å²) in [5, 5.41) is 5.11. The Hall–Kier alpha value is -2.17. The van der Waals surface area contributed by atoms with E-state index >= 15 is 0 Å². The maximum Gasteiger partial charge on any atom is 0.254 e. The van der Waals surface area contributed by atoms with Gasteiger partial charge in [0.2, 0.25) is 0 Å². The van der Waals surface area contributed by atoms with Gasteiger partial charge in [-0.3, -0.25) is 9.59 Å². The van der Waals surface area contributed by atoms with Crippen LogP contribution in [0.5, 0.6) is 0 Å². The molecule has 4 atom stereocenters. The second-order valence-corrected chi connectivity index (χ2v) is 5.36. The number of nitrogens with zero attached hydrogens (tertiary/aromatic N) is 2. The van der Waals surface area contributed by atoms with Crippen LogP contribution in [0.15, 0.2) is 35.6 Å². The minimum atomic E-state index is -0.178. The lowest BCUT2D eigenvalue weighted by atomic mass is 9.85. The fourth-order valence-electron chi connectivity index (χ4n) is 3.54. The van der Waals surface area contributed by atoms with E-state index in [1.54, 1.807) is 6.20 Å². The second kappa shape index (κ2) is 3.66. The summed E-state index contributed by atoms with van der Waals surface area (Å²) in [6, 6.07) is 3.68. The normalized spacial score (nSPS) is 35.9. The zero-order chi connectivity index (χ0) is 13.0. The summed E-state index contributed by atoms with van der Waals surface area (Å²) in [6.45, 7) is 0. The number of allylic oxidation sites excluding steroid dienone is 2. The van der Waals surface area contributed by atoms with Crippen molar-refractivity contribution in [3.05, 3.63) is 36.2 Å². The third kappa shape index (κ3) is 1.38. The lowest BCUT2D eigenvalue weighted by Gasteiger charge is -2.13. The molecule has 96 valence electrons. The first kappa shape index (κ1) is 10.7. The van der Waals surface area contributed by atoms with Crippen LogP contribution in [0, 0.1) is 23.7 Å². The van der Waals surface area contributed by atoms with E-state index in [9.17, 15) is 9.59 Å². The number of carbonyl (C=O) groups excluding carboxylic acids is 2. The van der Waals surface area contributed by atoms with Crippen molar-refractivity contribution in [2.45, 2.75) is 6.42 Å². The number of amides is 2. The van der Waals surface area contributed by atoms with Gasteiger partial charge < -0.3 is 4.98 Å². The lowest BCUT2D eigenvalue weighted by Crippen LogP contribution is -2.28. The van der Waals surface area contributed by atoms with Crippen LogP contribution >= 0.6 is 0 Å². The molecule has 3 aliphatic rings. The van der Waals surface area contributed by atoms with Gasteiger partial charge in [0.15, 0.2) is 0 Å². The molecule has 5 heteroatoms. The molecule has 1 N–H and O–H groups in total. The quantitative estimate of drug-likeness (QED) is 0.489. The molecular formula is C14H13N3O2. The SMILES string of the molecule is O=C1[C@H]2[C@H](C(=O)N1/N=C\c1ccc[nH]1)[C@H]1C=C[C@H]2C1. The van der Waals surface area contributed by atoms with Crippen LogP contribution in [0.1, 0.15) is 12.1 Å². The smallest absolute Gasteiger partial charge is 0.254 e. The number of fused-ring (bicyclic) bond motifs is 5. The Balaban J connectivity index is 1.62. The maximum absolute atomic E-state index is 12.3. The molecule has 1 aromatic rings. The zero-order valence-electron chi connectivity index (χ0n) is 10.2. The van der Waals surface area contributed by atoms with Gasteiger partial charge in [-0.05, 0) is 30.4 Å².